The number of hydrogen-bond acceptors (Lipinski definition) is 12. The van der Waals surface area contributed by atoms with Crippen LogP contribution in [0.3, 0.4) is 0 Å². The Morgan fingerprint density at radius 3 is 2.18 bits per heavy atom. The number of piperazine rings is 1. The lowest BCUT2D eigenvalue weighted by atomic mass is 10.2. The van der Waals surface area contributed by atoms with E-state index < -0.39 is 5.60 Å². The highest BCUT2D eigenvalue weighted by Gasteiger charge is 2.23. The van der Waals surface area contributed by atoms with Gasteiger partial charge in [0.25, 0.3) is 0 Å². The second kappa shape index (κ2) is 13.0. The number of amides is 1. The van der Waals surface area contributed by atoms with Crippen LogP contribution < -0.4 is 15.1 Å². The first-order valence-corrected chi connectivity index (χ1v) is 13.4. The predicted octanol–water partition coefficient (Wildman–Crippen LogP) is 2.48. The Balaban J connectivity index is 0.000000229. The quantitative estimate of drug-likeness (QED) is 0.468. The summed E-state index contributed by atoms with van der Waals surface area (Å²) in [4.78, 5) is 39.1. The first kappa shape index (κ1) is 28.4. The molecule has 0 atom stereocenters. The van der Waals surface area contributed by atoms with Gasteiger partial charge in [0.2, 0.25) is 17.8 Å². The van der Waals surface area contributed by atoms with Crippen LogP contribution in [0.1, 0.15) is 20.8 Å². The molecule has 5 heterocycles. The zero-order valence-electron chi connectivity index (χ0n) is 22.6. The van der Waals surface area contributed by atoms with Crippen LogP contribution in [0.25, 0.3) is 0 Å². The predicted molar refractivity (Wildman–Crippen MR) is 149 cm³/mol. The molecule has 1 amide bonds. The third-order valence-electron chi connectivity index (χ3n) is 5.63. The van der Waals surface area contributed by atoms with Crippen molar-refractivity contribution in [1.82, 2.24) is 39.6 Å². The lowest BCUT2D eigenvalue weighted by Crippen LogP contribution is -2.47. The average molecular weight is 605 g/mol. The summed E-state index contributed by atoms with van der Waals surface area (Å²) in [5.74, 6) is 1.90. The summed E-state index contributed by atoms with van der Waals surface area (Å²) in [6, 6.07) is 0. The van der Waals surface area contributed by atoms with Crippen molar-refractivity contribution in [2.45, 2.75) is 26.4 Å². The number of halogens is 1. The van der Waals surface area contributed by atoms with Crippen LogP contribution in [0.15, 0.2) is 35.6 Å². The van der Waals surface area contributed by atoms with Crippen molar-refractivity contribution >= 4 is 45.6 Å². The SMILES string of the molecule is CC(C)(C)OC(=O)N1CCOCC1.Cn1cc(Nc2ncnc(N3CCN(c4ncc(Br)cn4)CC3)n2)cn1. The maximum Gasteiger partial charge on any atom is 0.410 e. The van der Waals surface area contributed by atoms with E-state index in [-0.39, 0.29) is 6.09 Å². The van der Waals surface area contributed by atoms with Gasteiger partial charge in [-0.15, -0.1) is 0 Å². The Labute approximate surface area is 235 Å². The molecular weight excluding hydrogens is 570 g/mol. The number of aryl methyl sites for hydroxylation is 1. The maximum absolute atomic E-state index is 11.5. The molecule has 0 spiro atoms. The molecular formula is C24H34BrN11O3. The molecule has 2 fully saturated rings. The number of rotatable bonds is 4. The molecule has 2 aliphatic rings. The summed E-state index contributed by atoms with van der Waals surface area (Å²) >= 11 is 3.36. The highest BCUT2D eigenvalue weighted by molar-refractivity contribution is 9.10. The van der Waals surface area contributed by atoms with E-state index in [4.69, 9.17) is 9.47 Å². The number of nitrogens with zero attached hydrogens (tertiary/aromatic N) is 10. The summed E-state index contributed by atoms with van der Waals surface area (Å²) < 4.78 is 12.9. The number of hydrogen-bond donors (Lipinski definition) is 1. The normalized spacial score (nSPS) is 15.9. The second-order valence-electron chi connectivity index (χ2n) is 9.89. The van der Waals surface area contributed by atoms with E-state index in [1.54, 1.807) is 28.2 Å². The van der Waals surface area contributed by atoms with Gasteiger partial charge in [-0.25, -0.2) is 24.7 Å². The molecule has 0 aromatic carbocycles. The number of carbonyl (C=O) groups is 1. The lowest BCUT2D eigenvalue weighted by molar-refractivity contribution is -0.00677. The number of ether oxygens (including phenoxy) is 2. The van der Waals surface area contributed by atoms with Crippen molar-refractivity contribution < 1.29 is 14.3 Å². The molecule has 5 rings (SSSR count). The van der Waals surface area contributed by atoms with Crippen molar-refractivity contribution in [3.8, 4) is 0 Å². The number of aromatic nitrogens is 7. The molecule has 0 bridgehead atoms. The van der Waals surface area contributed by atoms with E-state index >= 15 is 0 Å². The summed E-state index contributed by atoms with van der Waals surface area (Å²) in [6.45, 7) is 11.3. The molecule has 15 heteroatoms. The van der Waals surface area contributed by atoms with E-state index in [9.17, 15) is 4.79 Å². The summed E-state index contributed by atoms with van der Waals surface area (Å²) in [7, 11) is 1.86. The molecule has 0 unspecified atom stereocenters. The molecule has 0 aliphatic carbocycles. The monoisotopic (exact) mass is 603 g/mol. The van der Waals surface area contributed by atoms with Gasteiger partial charge in [0.05, 0.1) is 29.6 Å². The third kappa shape index (κ3) is 8.71. The van der Waals surface area contributed by atoms with E-state index in [1.165, 1.54) is 6.33 Å². The van der Waals surface area contributed by atoms with Gasteiger partial charge in [0.15, 0.2) is 0 Å². The van der Waals surface area contributed by atoms with Crippen LogP contribution >= 0.6 is 15.9 Å². The van der Waals surface area contributed by atoms with E-state index in [0.29, 0.717) is 38.2 Å². The van der Waals surface area contributed by atoms with Gasteiger partial charge < -0.3 is 29.5 Å². The van der Waals surface area contributed by atoms with Crippen molar-refractivity contribution in [3.63, 3.8) is 0 Å². The number of morpholine rings is 1. The van der Waals surface area contributed by atoms with Crippen molar-refractivity contribution in [1.29, 1.82) is 0 Å². The third-order valence-corrected chi connectivity index (χ3v) is 6.04. The molecule has 0 radical (unpaired) electrons. The number of nitrogens with one attached hydrogen (secondary N) is 1. The smallest absolute Gasteiger partial charge is 0.410 e. The Morgan fingerprint density at radius 2 is 1.59 bits per heavy atom. The molecule has 210 valence electrons. The Hall–Kier alpha value is -3.59. The minimum atomic E-state index is -0.407. The van der Waals surface area contributed by atoms with E-state index in [2.05, 4.69) is 61.1 Å². The Kier molecular flexibility index (Phi) is 9.45. The van der Waals surface area contributed by atoms with Gasteiger partial charge in [0, 0.05) is 64.9 Å². The van der Waals surface area contributed by atoms with Crippen LogP contribution in [0.5, 0.6) is 0 Å². The summed E-state index contributed by atoms with van der Waals surface area (Å²) in [5, 5.41) is 7.26. The van der Waals surface area contributed by atoms with Crippen LogP contribution in [-0.4, -0.2) is 104 Å². The van der Waals surface area contributed by atoms with Crippen LogP contribution in [0.4, 0.5) is 28.3 Å². The fraction of sp³-hybridized carbons (Fsp3) is 0.542. The molecule has 2 saturated heterocycles. The highest BCUT2D eigenvalue weighted by atomic mass is 79.9. The Morgan fingerprint density at radius 1 is 0.949 bits per heavy atom. The van der Waals surface area contributed by atoms with Crippen LogP contribution in [0, 0.1) is 0 Å². The molecule has 3 aromatic heterocycles. The number of anilines is 4. The minimum Gasteiger partial charge on any atom is -0.444 e. The van der Waals surface area contributed by atoms with Gasteiger partial charge >= 0.3 is 6.09 Å². The highest BCUT2D eigenvalue weighted by Crippen LogP contribution is 2.18. The molecule has 2 aliphatic heterocycles. The number of carbonyl (C=O) groups excluding carboxylic acids is 1. The average Bonchev–Trinajstić information content (AvgIpc) is 3.33. The Bertz CT molecular complexity index is 1200. The summed E-state index contributed by atoms with van der Waals surface area (Å²) in [5.41, 5.74) is 0.428. The van der Waals surface area contributed by atoms with Gasteiger partial charge in [0.1, 0.15) is 11.9 Å². The van der Waals surface area contributed by atoms with Crippen molar-refractivity contribution in [2.75, 3.05) is 67.6 Å². The van der Waals surface area contributed by atoms with Crippen molar-refractivity contribution in [2.24, 2.45) is 7.05 Å². The molecule has 39 heavy (non-hydrogen) atoms. The van der Waals surface area contributed by atoms with Gasteiger partial charge in [-0.05, 0) is 36.7 Å². The van der Waals surface area contributed by atoms with Crippen molar-refractivity contribution in [3.05, 3.63) is 35.6 Å². The minimum absolute atomic E-state index is 0.240. The standard InChI is InChI=1S/C15H17BrN10.C9H17NO3/c1-24-9-12(8-21-24)22-13-19-10-20-15(23-13)26-4-2-25(3-5-26)14-17-6-11(16)7-18-14;1-9(2,3)13-8(11)10-4-6-12-7-5-10/h6-10H,2-5H2,1H3,(H,19,20,22,23);4-7H2,1-3H3. The van der Waals surface area contributed by atoms with Crippen LogP contribution in [0.2, 0.25) is 0 Å². The summed E-state index contributed by atoms with van der Waals surface area (Å²) in [6.07, 6.45) is 8.39. The van der Waals surface area contributed by atoms with Gasteiger partial charge in [-0.3, -0.25) is 4.68 Å². The first-order chi connectivity index (χ1) is 18.7. The molecule has 0 saturated carbocycles. The van der Waals surface area contributed by atoms with Gasteiger partial charge in [-0.1, -0.05) is 0 Å². The van der Waals surface area contributed by atoms with E-state index in [1.807, 2.05) is 34.0 Å². The first-order valence-electron chi connectivity index (χ1n) is 12.6. The van der Waals surface area contributed by atoms with Gasteiger partial charge in [-0.2, -0.15) is 10.1 Å². The topological polar surface area (TPSA) is 140 Å². The zero-order chi connectivity index (χ0) is 27.8. The fourth-order valence-electron chi connectivity index (χ4n) is 3.76. The fourth-order valence-corrected chi connectivity index (χ4v) is 3.97. The maximum atomic E-state index is 11.5. The zero-order valence-corrected chi connectivity index (χ0v) is 24.2. The molecule has 1 N–H and O–H groups in total. The van der Waals surface area contributed by atoms with E-state index in [0.717, 1.165) is 42.3 Å². The molecule has 14 nitrogen and oxygen atoms in total. The molecule has 3 aromatic rings. The second-order valence-corrected chi connectivity index (χ2v) is 10.8. The lowest BCUT2D eigenvalue weighted by Gasteiger charge is -2.34. The van der Waals surface area contributed by atoms with Crippen LogP contribution in [-0.2, 0) is 16.5 Å². The largest absolute Gasteiger partial charge is 0.444 e.